The second-order valence-corrected chi connectivity index (χ2v) is 7.31. The highest BCUT2D eigenvalue weighted by Crippen LogP contribution is 2.42. The standard InChI is InChI=1S/C11H12Br4N4/c12-5-6(13)8(15)10-9(7(5)14)18-11(19-10)4(17)2-1-3-16/h4H,1-3,16-17H2,(H,18,19). The lowest BCUT2D eigenvalue weighted by Gasteiger charge is -2.06. The highest BCUT2D eigenvalue weighted by Gasteiger charge is 2.19. The topological polar surface area (TPSA) is 80.7 Å². The van der Waals surface area contributed by atoms with Crippen LogP contribution >= 0.6 is 63.7 Å². The van der Waals surface area contributed by atoms with Gasteiger partial charge in [-0.1, -0.05) is 0 Å². The molecular formula is C11H12Br4N4. The van der Waals surface area contributed by atoms with Crippen molar-refractivity contribution in [2.75, 3.05) is 6.54 Å². The molecule has 0 saturated carbocycles. The molecule has 19 heavy (non-hydrogen) atoms. The van der Waals surface area contributed by atoms with Gasteiger partial charge in [-0.25, -0.2) is 4.98 Å². The first-order chi connectivity index (χ1) is 8.97. The van der Waals surface area contributed by atoms with E-state index in [2.05, 4.69) is 73.7 Å². The van der Waals surface area contributed by atoms with E-state index in [-0.39, 0.29) is 6.04 Å². The quantitative estimate of drug-likeness (QED) is 0.415. The third kappa shape index (κ3) is 3.08. The summed E-state index contributed by atoms with van der Waals surface area (Å²) in [5.74, 6) is 0.773. The molecule has 104 valence electrons. The van der Waals surface area contributed by atoms with Crippen LogP contribution in [-0.2, 0) is 0 Å². The van der Waals surface area contributed by atoms with E-state index in [1.165, 1.54) is 0 Å². The van der Waals surface area contributed by atoms with Gasteiger partial charge >= 0.3 is 0 Å². The summed E-state index contributed by atoms with van der Waals surface area (Å²) in [6.07, 6.45) is 1.70. The highest BCUT2D eigenvalue weighted by molar-refractivity contribution is 9.15. The molecule has 1 aromatic carbocycles. The van der Waals surface area contributed by atoms with Crippen LogP contribution in [0.5, 0.6) is 0 Å². The van der Waals surface area contributed by atoms with Crippen molar-refractivity contribution in [3.8, 4) is 0 Å². The number of aromatic amines is 1. The minimum atomic E-state index is -0.132. The van der Waals surface area contributed by atoms with Crippen LogP contribution in [0.2, 0.25) is 0 Å². The molecule has 0 spiro atoms. The van der Waals surface area contributed by atoms with Crippen molar-refractivity contribution in [3.05, 3.63) is 23.7 Å². The molecule has 0 aliphatic rings. The van der Waals surface area contributed by atoms with E-state index in [9.17, 15) is 0 Å². The van der Waals surface area contributed by atoms with Crippen LogP contribution in [0, 0.1) is 0 Å². The number of H-pyrrole nitrogens is 1. The fourth-order valence-electron chi connectivity index (χ4n) is 1.77. The average Bonchev–Trinajstić information content (AvgIpc) is 2.85. The number of halogens is 4. The molecule has 0 saturated heterocycles. The lowest BCUT2D eigenvalue weighted by molar-refractivity contribution is 0.594. The number of nitrogens with zero attached hydrogens (tertiary/aromatic N) is 1. The summed E-state index contributed by atoms with van der Waals surface area (Å²) >= 11 is 14.1. The van der Waals surface area contributed by atoms with Crippen molar-refractivity contribution in [3.63, 3.8) is 0 Å². The zero-order chi connectivity index (χ0) is 14.2. The van der Waals surface area contributed by atoms with Gasteiger partial charge in [-0.2, -0.15) is 0 Å². The lowest BCUT2D eigenvalue weighted by Crippen LogP contribution is -2.13. The van der Waals surface area contributed by atoms with Crippen LogP contribution in [0.15, 0.2) is 17.9 Å². The number of hydrogen-bond acceptors (Lipinski definition) is 3. The Balaban J connectivity index is 2.51. The zero-order valence-electron chi connectivity index (χ0n) is 9.81. The van der Waals surface area contributed by atoms with E-state index in [1.807, 2.05) is 0 Å². The molecule has 2 rings (SSSR count). The number of nitrogens with one attached hydrogen (secondary N) is 1. The van der Waals surface area contributed by atoms with Crippen LogP contribution in [0.3, 0.4) is 0 Å². The van der Waals surface area contributed by atoms with Crippen molar-refractivity contribution in [2.24, 2.45) is 11.5 Å². The molecule has 8 heteroatoms. The van der Waals surface area contributed by atoms with E-state index < -0.39 is 0 Å². The van der Waals surface area contributed by atoms with Gasteiger partial charge in [0.1, 0.15) is 11.3 Å². The SMILES string of the molecule is NCCCC(N)c1nc2c(Br)c(Br)c(Br)c(Br)c2[nH]1. The number of rotatable bonds is 4. The average molecular weight is 520 g/mol. The smallest absolute Gasteiger partial charge is 0.124 e. The molecule has 4 nitrogen and oxygen atoms in total. The Bertz CT molecular complexity index is 565. The normalized spacial score (nSPS) is 13.2. The molecule has 0 amide bonds. The number of imidazole rings is 1. The maximum absolute atomic E-state index is 6.12. The molecule has 5 N–H and O–H groups in total. The van der Waals surface area contributed by atoms with E-state index in [4.69, 9.17) is 11.5 Å². The van der Waals surface area contributed by atoms with Gasteiger partial charge < -0.3 is 16.5 Å². The Kier molecular flexibility index (Phi) is 5.47. The number of nitrogens with two attached hydrogens (primary N) is 2. The van der Waals surface area contributed by atoms with Crippen LogP contribution in [0.4, 0.5) is 0 Å². The van der Waals surface area contributed by atoms with E-state index >= 15 is 0 Å². The summed E-state index contributed by atoms with van der Waals surface area (Å²) in [5, 5.41) is 0. The summed E-state index contributed by atoms with van der Waals surface area (Å²) in [4.78, 5) is 7.86. The Morgan fingerprint density at radius 3 is 2.32 bits per heavy atom. The Morgan fingerprint density at radius 2 is 1.68 bits per heavy atom. The molecule has 1 unspecified atom stereocenters. The predicted molar refractivity (Wildman–Crippen MR) is 92.1 cm³/mol. The maximum atomic E-state index is 6.12. The van der Waals surface area contributed by atoms with Gasteiger partial charge in [0.25, 0.3) is 0 Å². The largest absolute Gasteiger partial charge is 0.340 e. The molecule has 0 fully saturated rings. The summed E-state index contributed by atoms with van der Waals surface area (Å²) in [6.45, 7) is 0.637. The van der Waals surface area contributed by atoms with Crippen LogP contribution in [0.25, 0.3) is 11.0 Å². The van der Waals surface area contributed by atoms with Gasteiger partial charge in [0, 0.05) is 8.95 Å². The molecule has 1 atom stereocenters. The molecule has 0 aliphatic carbocycles. The first-order valence-corrected chi connectivity index (χ1v) is 8.81. The number of hydrogen-bond donors (Lipinski definition) is 3. The van der Waals surface area contributed by atoms with Gasteiger partial charge in [-0.3, -0.25) is 0 Å². The summed E-state index contributed by atoms with van der Waals surface area (Å²) in [5.41, 5.74) is 13.4. The first-order valence-electron chi connectivity index (χ1n) is 5.64. The van der Waals surface area contributed by atoms with Gasteiger partial charge in [0.15, 0.2) is 0 Å². The second-order valence-electron chi connectivity index (χ2n) is 4.14. The summed E-state index contributed by atoms with van der Waals surface area (Å²) in [7, 11) is 0. The molecule has 1 heterocycles. The van der Waals surface area contributed by atoms with Crippen LogP contribution in [-0.4, -0.2) is 16.5 Å². The Hall–Kier alpha value is 0.530. The maximum Gasteiger partial charge on any atom is 0.124 e. The van der Waals surface area contributed by atoms with E-state index in [1.54, 1.807) is 0 Å². The van der Waals surface area contributed by atoms with Gasteiger partial charge in [-0.05, 0) is 83.1 Å². The molecule has 0 aliphatic heterocycles. The second kappa shape index (κ2) is 6.53. The fourth-order valence-corrected chi connectivity index (χ4v) is 4.05. The third-order valence-electron chi connectivity index (χ3n) is 2.80. The fraction of sp³-hybridized carbons (Fsp3) is 0.364. The van der Waals surface area contributed by atoms with Crippen LogP contribution < -0.4 is 11.5 Å². The third-order valence-corrected chi connectivity index (χ3v) is 7.55. The Morgan fingerprint density at radius 1 is 1.05 bits per heavy atom. The van der Waals surface area contributed by atoms with Gasteiger partial charge in [-0.15, -0.1) is 0 Å². The van der Waals surface area contributed by atoms with E-state index in [0.717, 1.165) is 47.6 Å². The van der Waals surface area contributed by atoms with Gasteiger partial charge in [0.05, 0.1) is 20.5 Å². The van der Waals surface area contributed by atoms with Crippen molar-refractivity contribution in [1.29, 1.82) is 0 Å². The molecule has 0 bridgehead atoms. The molecule has 0 radical (unpaired) electrons. The minimum Gasteiger partial charge on any atom is -0.340 e. The first kappa shape index (κ1) is 15.9. The van der Waals surface area contributed by atoms with Crippen molar-refractivity contribution < 1.29 is 0 Å². The minimum absolute atomic E-state index is 0.132. The zero-order valence-corrected chi connectivity index (χ0v) is 16.2. The molecule has 2 aromatic rings. The predicted octanol–water partition coefficient (Wildman–Crippen LogP) is 4.35. The van der Waals surface area contributed by atoms with Crippen LogP contribution in [0.1, 0.15) is 24.7 Å². The number of benzene rings is 1. The molecule has 1 aromatic heterocycles. The highest BCUT2D eigenvalue weighted by atomic mass is 79.9. The van der Waals surface area contributed by atoms with Gasteiger partial charge in [0.2, 0.25) is 0 Å². The summed E-state index contributed by atoms with van der Waals surface area (Å²) < 4.78 is 3.66. The van der Waals surface area contributed by atoms with E-state index in [0.29, 0.717) is 6.54 Å². The lowest BCUT2D eigenvalue weighted by atomic mass is 10.1. The molecular weight excluding hydrogens is 508 g/mol. The Labute approximate surface area is 144 Å². The number of aromatic nitrogens is 2. The van der Waals surface area contributed by atoms with Crippen molar-refractivity contribution in [2.45, 2.75) is 18.9 Å². The monoisotopic (exact) mass is 516 g/mol. The summed E-state index contributed by atoms with van der Waals surface area (Å²) in [6, 6.07) is -0.132. The number of fused-ring (bicyclic) bond motifs is 1. The van der Waals surface area contributed by atoms with Crippen molar-refractivity contribution in [1.82, 2.24) is 9.97 Å². The van der Waals surface area contributed by atoms with Crippen molar-refractivity contribution >= 4 is 74.8 Å².